The molecule has 0 bridgehead atoms. The minimum atomic E-state index is 0.0677. The van der Waals surface area contributed by atoms with E-state index in [9.17, 15) is 4.79 Å². The molecule has 0 aromatic carbocycles. The van der Waals surface area contributed by atoms with E-state index in [-0.39, 0.29) is 11.8 Å². The fourth-order valence-corrected chi connectivity index (χ4v) is 2.11. The lowest BCUT2D eigenvalue weighted by Crippen LogP contribution is -2.25. The second-order valence-electron chi connectivity index (χ2n) is 4.01. The molecule has 2 rings (SSSR count). The zero-order chi connectivity index (χ0) is 11.7. The number of carbonyl (C=O) groups is 1. The second-order valence-corrected chi connectivity index (χ2v) is 4.67. The van der Waals surface area contributed by atoms with Gasteiger partial charge in [0.05, 0.1) is 0 Å². The lowest BCUT2D eigenvalue weighted by molar-refractivity contribution is -0.117. The Kier molecular flexibility index (Phi) is 3.36. The minimum Gasteiger partial charge on any atom is -0.296 e. The smallest absolute Gasteiger partial charge is 0.228 e. The first-order valence-electron chi connectivity index (χ1n) is 5.11. The van der Waals surface area contributed by atoms with E-state index >= 15 is 0 Å². The SMILES string of the molecule is Cc1ccc(N2CC(CCl)CC2=O)nc1Cl. The van der Waals surface area contributed by atoms with Gasteiger partial charge in [-0.2, -0.15) is 0 Å². The molecule has 1 aliphatic heterocycles. The van der Waals surface area contributed by atoms with Gasteiger partial charge < -0.3 is 0 Å². The number of hydrogen-bond acceptors (Lipinski definition) is 2. The molecule has 1 fully saturated rings. The Hall–Kier alpha value is -0.800. The Labute approximate surface area is 104 Å². The molecular formula is C11H12Cl2N2O. The van der Waals surface area contributed by atoms with E-state index < -0.39 is 0 Å². The third-order valence-electron chi connectivity index (χ3n) is 2.72. The van der Waals surface area contributed by atoms with Crippen LogP contribution in [0.15, 0.2) is 12.1 Å². The molecule has 3 nitrogen and oxygen atoms in total. The maximum Gasteiger partial charge on any atom is 0.228 e. The number of rotatable bonds is 2. The Balaban J connectivity index is 2.24. The van der Waals surface area contributed by atoms with Gasteiger partial charge in [-0.05, 0) is 24.5 Å². The predicted octanol–water partition coefficient (Wildman–Crippen LogP) is 2.64. The first kappa shape index (κ1) is 11.7. The molecule has 1 atom stereocenters. The van der Waals surface area contributed by atoms with Crippen molar-refractivity contribution in [2.24, 2.45) is 5.92 Å². The fraction of sp³-hybridized carbons (Fsp3) is 0.455. The second kappa shape index (κ2) is 4.60. The number of anilines is 1. The summed E-state index contributed by atoms with van der Waals surface area (Å²) in [5.74, 6) is 1.41. The molecule has 86 valence electrons. The summed E-state index contributed by atoms with van der Waals surface area (Å²) in [5, 5.41) is 0.444. The molecule has 2 heterocycles. The van der Waals surface area contributed by atoms with Crippen molar-refractivity contribution in [2.75, 3.05) is 17.3 Å². The standard InChI is InChI=1S/C11H12Cl2N2O/c1-7-2-3-9(14-11(7)13)15-6-8(5-12)4-10(15)16/h2-3,8H,4-6H2,1H3. The van der Waals surface area contributed by atoms with Gasteiger partial charge in [0.2, 0.25) is 5.91 Å². The van der Waals surface area contributed by atoms with Gasteiger partial charge in [0.1, 0.15) is 11.0 Å². The molecule has 16 heavy (non-hydrogen) atoms. The average Bonchev–Trinajstić information content (AvgIpc) is 2.64. The van der Waals surface area contributed by atoms with E-state index in [1.54, 1.807) is 4.90 Å². The monoisotopic (exact) mass is 258 g/mol. The van der Waals surface area contributed by atoms with Crippen LogP contribution < -0.4 is 4.90 Å². The molecule has 1 saturated heterocycles. The van der Waals surface area contributed by atoms with Gasteiger partial charge in [0, 0.05) is 18.8 Å². The summed E-state index contributed by atoms with van der Waals surface area (Å²) in [4.78, 5) is 17.6. The number of aromatic nitrogens is 1. The van der Waals surface area contributed by atoms with Crippen LogP contribution in [0.5, 0.6) is 0 Å². The number of amides is 1. The first-order valence-corrected chi connectivity index (χ1v) is 6.02. The van der Waals surface area contributed by atoms with E-state index in [2.05, 4.69) is 4.98 Å². The number of nitrogens with zero attached hydrogens (tertiary/aromatic N) is 2. The van der Waals surface area contributed by atoms with Crippen LogP contribution in [-0.2, 0) is 4.79 Å². The van der Waals surface area contributed by atoms with E-state index in [1.807, 2.05) is 19.1 Å². The summed E-state index contributed by atoms with van der Waals surface area (Å²) in [6.07, 6.45) is 0.497. The number of aryl methyl sites for hydroxylation is 1. The zero-order valence-corrected chi connectivity index (χ0v) is 10.4. The van der Waals surface area contributed by atoms with Crippen molar-refractivity contribution < 1.29 is 4.79 Å². The van der Waals surface area contributed by atoms with E-state index in [1.165, 1.54) is 0 Å². The van der Waals surface area contributed by atoms with Crippen molar-refractivity contribution in [1.82, 2.24) is 4.98 Å². The minimum absolute atomic E-state index is 0.0677. The van der Waals surface area contributed by atoms with Gasteiger partial charge >= 0.3 is 0 Å². The van der Waals surface area contributed by atoms with Crippen LogP contribution in [-0.4, -0.2) is 23.3 Å². The molecule has 1 unspecified atom stereocenters. The van der Waals surface area contributed by atoms with Crippen LogP contribution in [0.4, 0.5) is 5.82 Å². The molecular weight excluding hydrogens is 247 g/mol. The van der Waals surface area contributed by atoms with Crippen LogP contribution in [0.1, 0.15) is 12.0 Å². The molecule has 0 N–H and O–H groups in total. The Morgan fingerprint density at radius 2 is 2.31 bits per heavy atom. The van der Waals surface area contributed by atoms with E-state index in [0.29, 0.717) is 29.8 Å². The highest BCUT2D eigenvalue weighted by atomic mass is 35.5. The summed E-state index contributed by atoms with van der Waals surface area (Å²) in [6, 6.07) is 3.68. The Bertz CT molecular complexity index is 422. The third kappa shape index (κ3) is 2.15. The normalized spacial score (nSPS) is 20.6. The lowest BCUT2D eigenvalue weighted by Gasteiger charge is -2.15. The molecule has 0 aliphatic carbocycles. The summed E-state index contributed by atoms with van der Waals surface area (Å²) in [7, 11) is 0. The van der Waals surface area contributed by atoms with Crippen LogP contribution in [0.3, 0.4) is 0 Å². The summed E-state index contributed by atoms with van der Waals surface area (Å²) in [6.45, 7) is 2.52. The molecule has 0 spiro atoms. The topological polar surface area (TPSA) is 33.2 Å². The van der Waals surface area contributed by atoms with Gasteiger partial charge in [-0.1, -0.05) is 17.7 Å². The van der Waals surface area contributed by atoms with Gasteiger partial charge in [0.25, 0.3) is 0 Å². The number of pyridine rings is 1. The molecule has 0 saturated carbocycles. The van der Waals surface area contributed by atoms with Gasteiger partial charge in [0.15, 0.2) is 0 Å². The number of carbonyl (C=O) groups excluding carboxylic acids is 1. The molecule has 0 radical (unpaired) electrons. The van der Waals surface area contributed by atoms with Crippen molar-refractivity contribution in [3.63, 3.8) is 0 Å². The molecule has 1 amide bonds. The van der Waals surface area contributed by atoms with Gasteiger partial charge in [-0.15, -0.1) is 11.6 Å². The predicted molar refractivity (Wildman–Crippen MR) is 65.2 cm³/mol. The van der Waals surface area contributed by atoms with E-state index in [4.69, 9.17) is 23.2 Å². The number of halogens is 2. The summed E-state index contributed by atoms with van der Waals surface area (Å²) in [5.41, 5.74) is 0.908. The van der Waals surface area contributed by atoms with Gasteiger partial charge in [-0.25, -0.2) is 4.98 Å². The van der Waals surface area contributed by atoms with Crippen molar-refractivity contribution >= 4 is 34.9 Å². The quantitative estimate of drug-likeness (QED) is 0.604. The van der Waals surface area contributed by atoms with E-state index in [0.717, 1.165) is 5.56 Å². The Morgan fingerprint density at radius 1 is 1.56 bits per heavy atom. The number of hydrogen-bond donors (Lipinski definition) is 0. The van der Waals surface area contributed by atoms with Crippen molar-refractivity contribution in [1.29, 1.82) is 0 Å². The largest absolute Gasteiger partial charge is 0.296 e. The molecule has 5 heteroatoms. The van der Waals surface area contributed by atoms with Crippen LogP contribution in [0, 0.1) is 12.8 Å². The molecule has 1 aromatic heterocycles. The highest BCUT2D eigenvalue weighted by Crippen LogP contribution is 2.26. The van der Waals surface area contributed by atoms with Gasteiger partial charge in [-0.3, -0.25) is 9.69 Å². The van der Waals surface area contributed by atoms with Crippen LogP contribution >= 0.6 is 23.2 Å². The molecule has 1 aromatic rings. The lowest BCUT2D eigenvalue weighted by atomic mass is 10.1. The van der Waals surface area contributed by atoms with Crippen LogP contribution in [0.25, 0.3) is 0 Å². The Morgan fingerprint density at radius 3 is 2.88 bits per heavy atom. The summed E-state index contributed by atoms with van der Waals surface area (Å²) < 4.78 is 0. The maximum absolute atomic E-state index is 11.7. The van der Waals surface area contributed by atoms with Crippen molar-refractivity contribution in [3.05, 3.63) is 22.8 Å². The molecule has 1 aliphatic rings. The zero-order valence-electron chi connectivity index (χ0n) is 8.91. The third-order valence-corrected chi connectivity index (χ3v) is 3.54. The maximum atomic E-state index is 11.7. The number of alkyl halides is 1. The van der Waals surface area contributed by atoms with Crippen molar-refractivity contribution in [3.8, 4) is 0 Å². The average molecular weight is 259 g/mol. The highest BCUT2D eigenvalue weighted by Gasteiger charge is 2.30. The first-order chi connectivity index (χ1) is 7.61. The van der Waals surface area contributed by atoms with Crippen molar-refractivity contribution in [2.45, 2.75) is 13.3 Å². The van der Waals surface area contributed by atoms with Crippen LogP contribution in [0.2, 0.25) is 5.15 Å². The highest BCUT2D eigenvalue weighted by molar-refractivity contribution is 6.30. The fourth-order valence-electron chi connectivity index (χ4n) is 1.75. The summed E-state index contributed by atoms with van der Waals surface area (Å²) >= 11 is 11.7.